The molecule has 2 aliphatic rings. The fourth-order valence-corrected chi connectivity index (χ4v) is 5.76. The van der Waals surface area contributed by atoms with Crippen LogP contribution in [-0.4, -0.2) is 61.4 Å². The Balaban J connectivity index is 1.80. The second-order valence-electron chi connectivity index (χ2n) is 6.48. The molecule has 1 fully saturated rings. The van der Waals surface area contributed by atoms with E-state index in [-0.39, 0.29) is 0 Å². The van der Waals surface area contributed by atoms with Crippen molar-refractivity contribution < 1.29 is 13.2 Å². The number of likely N-dealkylation sites (N-methyl/N-ethyl adjacent to an activating group) is 1. The van der Waals surface area contributed by atoms with Gasteiger partial charge in [0.05, 0.1) is 5.69 Å². The lowest BCUT2D eigenvalue weighted by Crippen LogP contribution is -2.55. The minimum Gasteiger partial charge on any atom is -0.317 e. The molecule has 3 heterocycles. The third kappa shape index (κ3) is 3.22. The molecule has 2 N–H and O–H groups in total. The number of sulfone groups is 1. The summed E-state index contributed by atoms with van der Waals surface area (Å²) in [7, 11) is -3.51. The van der Waals surface area contributed by atoms with Crippen LogP contribution >= 0.6 is 11.3 Å². The molecule has 1 saturated heterocycles. The highest BCUT2D eigenvalue weighted by Gasteiger charge is 2.49. The Hall–Kier alpha value is -1.03. The van der Waals surface area contributed by atoms with Crippen LogP contribution in [0.5, 0.6) is 0 Å². The van der Waals surface area contributed by atoms with Crippen LogP contribution in [-0.2, 0) is 27.6 Å². The predicted molar refractivity (Wildman–Crippen MR) is 95.1 cm³/mol. The third-order valence-corrected chi connectivity index (χ3v) is 8.02. The highest BCUT2D eigenvalue weighted by molar-refractivity contribution is 7.92. The number of piperidine rings is 1. The highest BCUT2D eigenvalue weighted by atomic mass is 32.2. The Morgan fingerprint density at radius 2 is 2.12 bits per heavy atom. The summed E-state index contributed by atoms with van der Waals surface area (Å²) in [6, 6.07) is 0. The summed E-state index contributed by atoms with van der Waals surface area (Å²) in [5, 5.41) is 6.43. The Labute approximate surface area is 146 Å². The highest BCUT2D eigenvalue weighted by Crippen LogP contribution is 2.32. The normalized spacial score (nSPS) is 21.2. The molecule has 0 bridgehead atoms. The fraction of sp³-hybridized carbons (Fsp3) is 0.733. The lowest BCUT2D eigenvalue weighted by Gasteiger charge is -2.33. The maximum atomic E-state index is 12.8. The Morgan fingerprint density at radius 1 is 1.42 bits per heavy atom. The topological polar surface area (TPSA) is 91.4 Å². The van der Waals surface area contributed by atoms with Crippen molar-refractivity contribution in [1.29, 1.82) is 0 Å². The summed E-state index contributed by atoms with van der Waals surface area (Å²) in [6.45, 7) is 5.99. The molecule has 0 aromatic carbocycles. The number of nitrogens with zero attached hydrogens (tertiary/aromatic N) is 2. The minimum absolute atomic E-state index is 0.298. The largest absolute Gasteiger partial charge is 0.317 e. The maximum absolute atomic E-state index is 12.8. The second kappa shape index (κ2) is 6.70. The lowest BCUT2D eigenvalue weighted by molar-refractivity contribution is -0.119. The molecule has 3 rings (SSSR count). The number of hydrogen-bond donors (Lipinski definition) is 2. The van der Waals surface area contributed by atoms with E-state index in [1.165, 1.54) is 11.3 Å². The van der Waals surface area contributed by atoms with E-state index in [4.69, 9.17) is 0 Å². The van der Waals surface area contributed by atoms with E-state index in [0.29, 0.717) is 31.1 Å². The van der Waals surface area contributed by atoms with Crippen LogP contribution < -0.4 is 10.6 Å². The van der Waals surface area contributed by atoms with Gasteiger partial charge in [-0.05, 0) is 32.5 Å². The number of anilines is 1. The molecular weight excluding hydrogens is 348 g/mol. The van der Waals surface area contributed by atoms with Crippen LogP contribution in [0.3, 0.4) is 0 Å². The number of fused-ring (bicyclic) bond motifs is 1. The van der Waals surface area contributed by atoms with Crippen LogP contribution in [0.2, 0.25) is 0 Å². The summed E-state index contributed by atoms with van der Waals surface area (Å²) >= 11 is 1.46. The first-order valence-corrected chi connectivity index (χ1v) is 11.0. The van der Waals surface area contributed by atoms with E-state index in [0.717, 1.165) is 42.9 Å². The number of amides is 1. The summed E-state index contributed by atoms with van der Waals surface area (Å²) in [5.74, 6) is -0.440. The Kier molecular flexibility index (Phi) is 4.96. The number of thiazole rings is 1. The van der Waals surface area contributed by atoms with Gasteiger partial charge in [-0.3, -0.25) is 9.69 Å². The SMILES string of the molecule is CCN1CCc2nc(NC(=O)C3(S(C)(=O)=O)CCNCC3)sc2C1. The molecule has 7 nitrogen and oxygen atoms in total. The van der Waals surface area contributed by atoms with Crippen molar-refractivity contribution in [2.75, 3.05) is 37.8 Å². The van der Waals surface area contributed by atoms with E-state index in [2.05, 4.69) is 27.4 Å². The first-order chi connectivity index (χ1) is 11.4. The average Bonchev–Trinajstić information content (AvgIpc) is 2.95. The summed E-state index contributed by atoms with van der Waals surface area (Å²) in [4.78, 5) is 20.8. The number of hydrogen-bond acceptors (Lipinski definition) is 7. The molecule has 2 aliphatic heterocycles. The van der Waals surface area contributed by atoms with Crippen molar-refractivity contribution in [2.45, 2.75) is 37.5 Å². The van der Waals surface area contributed by atoms with Gasteiger partial charge in [-0.25, -0.2) is 13.4 Å². The number of carbonyl (C=O) groups excluding carboxylic acids is 1. The van der Waals surface area contributed by atoms with Gasteiger partial charge in [0.2, 0.25) is 5.91 Å². The molecule has 0 aliphatic carbocycles. The number of aromatic nitrogens is 1. The standard InChI is InChI=1S/C15H24N4O3S2/c1-3-19-9-4-11-12(10-19)23-14(17-11)18-13(20)15(24(2,21)22)5-7-16-8-6-15/h16H,3-10H2,1-2H3,(H,17,18,20). The molecule has 1 aromatic heterocycles. The van der Waals surface area contributed by atoms with E-state index in [1.54, 1.807) is 0 Å². The predicted octanol–water partition coefficient (Wildman–Crippen LogP) is 0.626. The van der Waals surface area contributed by atoms with Crippen LogP contribution in [0.25, 0.3) is 0 Å². The molecular formula is C15H24N4O3S2. The zero-order valence-electron chi connectivity index (χ0n) is 14.1. The Morgan fingerprint density at radius 3 is 2.75 bits per heavy atom. The summed E-state index contributed by atoms with van der Waals surface area (Å²) in [6.07, 6.45) is 2.62. The van der Waals surface area contributed by atoms with Crippen LogP contribution in [0.4, 0.5) is 5.13 Å². The van der Waals surface area contributed by atoms with Crippen molar-refractivity contribution in [3.63, 3.8) is 0 Å². The van der Waals surface area contributed by atoms with Crippen molar-refractivity contribution in [2.24, 2.45) is 0 Å². The van der Waals surface area contributed by atoms with Gasteiger partial charge in [-0.1, -0.05) is 6.92 Å². The number of rotatable bonds is 4. The quantitative estimate of drug-likeness (QED) is 0.805. The van der Waals surface area contributed by atoms with Crippen molar-refractivity contribution in [1.82, 2.24) is 15.2 Å². The monoisotopic (exact) mass is 372 g/mol. The van der Waals surface area contributed by atoms with E-state index < -0.39 is 20.5 Å². The average molecular weight is 373 g/mol. The summed E-state index contributed by atoms with van der Waals surface area (Å²) in [5.41, 5.74) is 1.03. The summed E-state index contributed by atoms with van der Waals surface area (Å²) < 4.78 is 23.3. The van der Waals surface area contributed by atoms with Crippen molar-refractivity contribution >= 4 is 32.2 Å². The van der Waals surface area contributed by atoms with E-state index in [9.17, 15) is 13.2 Å². The van der Waals surface area contributed by atoms with Crippen LogP contribution in [0, 0.1) is 0 Å². The molecule has 24 heavy (non-hydrogen) atoms. The van der Waals surface area contributed by atoms with Gasteiger partial charge >= 0.3 is 0 Å². The van der Waals surface area contributed by atoms with Gasteiger partial charge in [0.1, 0.15) is 0 Å². The van der Waals surface area contributed by atoms with Gasteiger partial charge in [-0.2, -0.15) is 0 Å². The van der Waals surface area contributed by atoms with Gasteiger partial charge in [0.25, 0.3) is 0 Å². The lowest BCUT2D eigenvalue weighted by atomic mass is 9.96. The molecule has 0 radical (unpaired) electrons. The van der Waals surface area contributed by atoms with Crippen molar-refractivity contribution in [3.8, 4) is 0 Å². The number of nitrogens with one attached hydrogen (secondary N) is 2. The van der Waals surface area contributed by atoms with Crippen LogP contribution in [0.15, 0.2) is 0 Å². The molecule has 9 heteroatoms. The van der Waals surface area contributed by atoms with Gasteiger partial charge in [0.15, 0.2) is 19.7 Å². The molecule has 0 saturated carbocycles. The van der Waals surface area contributed by atoms with Crippen LogP contribution in [0.1, 0.15) is 30.3 Å². The fourth-order valence-electron chi connectivity index (χ4n) is 3.38. The Bertz CT molecular complexity index is 723. The van der Waals surface area contributed by atoms with E-state index >= 15 is 0 Å². The third-order valence-electron chi connectivity index (χ3n) is 5.01. The van der Waals surface area contributed by atoms with Crippen molar-refractivity contribution in [3.05, 3.63) is 10.6 Å². The van der Waals surface area contributed by atoms with Gasteiger partial charge in [-0.15, -0.1) is 11.3 Å². The zero-order chi connectivity index (χ0) is 17.4. The second-order valence-corrected chi connectivity index (χ2v) is 9.89. The first-order valence-electron chi connectivity index (χ1n) is 8.28. The molecule has 0 unspecified atom stereocenters. The minimum atomic E-state index is -3.51. The molecule has 134 valence electrons. The molecule has 0 spiro atoms. The van der Waals surface area contributed by atoms with Gasteiger partial charge < -0.3 is 10.6 Å². The smallest absolute Gasteiger partial charge is 0.247 e. The molecule has 1 aromatic rings. The first kappa shape index (κ1) is 17.8. The maximum Gasteiger partial charge on any atom is 0.247 e. The zero-order valence-corrected chi connectivity index (χ0v) is 15.7. The number of carbonyl (C=O) groups is 1. The molecule has 1 amide bonds. The van der Waals surface area contributed by atoms with Gasteiger partial charge in [0, 0.05) is 30.6 Å². The van der Waals surface area contributed by atoms with E-state index in [1.807, 2.05) is 0 Å². The molecule has 0 atom stereocenters.